The molecular weight excluding hydrogens is 262 g/mol. The van der Waals surface area contributed by atoms with Gasteiger partial charge in [-0.3, -0.25) is 0 Å². The largest absolute Gasteiger partial charge is 0.385 e. The second-order valence-electron chi connectivity index (χ2n) is 5.15. The molecule has 18 heavy (non-hydrogen) atoms. The predicted octanol–water partition coefficient (Wildman–Crippen LogP) is 2.46. The van der Waals surface area contributed by atoms with E-state index in [1.807, 2.05) is 0 Å². The first-order chi connectivity index (χ1) is 8.01. The van der Waals surface area contributed by atoms with Crippen LogP contribution < -0.4 is 0 Å². The van der Waals surface area contributed by atoms with E-state index in [9.17, 15) is 22.3 Å². The van der Waals surface area contributed by atoms with E-state index in [0.717, 1.165) is 12.1 Å². The SMILES string of the molecule is CC(C)(C)[C@@H](O)C(F)(F)S(=O)(=O)c1ccccc1. The van der Waals surface area contributed by atoms with Crippen LogP contribution in [0.15, 0.2) is 35.2 Å². The van der Waals surface area contributed by atoms with Gasteiger partial charge in [-0.15, -0.1) is 0 Å². The molecule has 3 nitrogen and oxygen atoms in total. The molecular formula is C12H16F2O3S. The van der Waals surface area contributed by atoms with E-state index in [1.165, 1.54) is 39.0 Å². The molecule has 0 saturated heterocycles. The summed E-state index contributed by atoms with van der Waals surface area (Å²) < 4.78 is 51.5. The molecule has 0 spiro atoms. The van der Waals surface area contributed by atoms with Crippen molar-refractivity contribution in [3.05, 3.63) is 30.3 Å². The normalized spacial score (nSPS) is 15.4. The number of aliphatic hydroxyl groups excluding tert-OH is 1. The Kier molecular flexibility index (Phi) is 3.83. The third-order valence-electron chi connectivity index (χ3n) is 2.55. The third-order valence-corrected chi connectivity index (χ3v) is 4.38. The van der Waals surface area contributed by atoms with Crippen LogP contribution in [-0.2, 0) is 9.84 Å². The summed E-state index contributed by atoms with van der Waals surface area (Å²) in [7, 11) is -4.90. The van der Waals surface area contributed by atoms with Crippen LogP contribution in [0.5, 0.6) is 0 Å². The highest BCUT2D eigenvalue weighted by Crippen LogP contribution is 2.39. The van der Waals surface area contributed by atoms with Crippen molar-refractivity contribution in [3.8, 4) is 0 Å². The molecule has 1 aromatic carbocycles. The number of halogens is 2. The molecule has 0 fully saturated rings. The van der Waals surface area contributed by atoms with E-state index < -0.39 is 31.5 Å². The van der Waals surface area contributed by atoms with Crippen molar-refractivity contribution in [1.82, 2.24) is 0 Å². The molecule has 102 valence electrons. The lowest BCUT2D eigenvalue weighted by Crippen LogP contribution is -2.48. The minimum Gasteiger partial charge on any atom is -0.385 e. The molecule has 0 bridgehead atoms. The molecule has 0 saturated carbocycles. The van der Waals surface area contributed by atoms with Gasteiger partial charge in [0.1, 0.15) is 6.10 Å². The predicted molar refractivity (Wildman–Crippen MR) is 64.0 cm³/mol. The highest BCUT2D eigenvalue weighted by atomic mass is 32.2. The van der Waals surface area contributed by atoms with Gasteiger partial charge in [-0.1, -0.05) is 39.0 Å². The smallest absolute Gasteiger partial charge is 0.375 e. The molecule has 1 atom stereocenters. The van der Waals surface area contributed by atoms with Gasteiger partial charge in [0.05, 0.1) is 4.90 Å². The second-order valence-corrected chi connectivity index (χ2v) is 7.17. The maximum Gasteiger partial charge on any atom is 0.375 e. The lowest BCUT2D eigenvalue weighted by atomic mass is 9.89. The van der Waals surface area contributed by atoms with Crippen molar-refractivity contribution in [3.63, 3.8) is 0 Å². The van der Waals surface area contributed by atoms with Crippen molar-refractivity contribution in [2.45, 2.75) is 37.0 Å². The Hall–Kier alpha value is -1.01. The molecule has 1 rings (SSSR count). The zero-order valence-electron chi connectivity index (χ0n) is 10.4. The van der Waals surface area contributed by atoms with E-state index in [1.54, 1.807) is 0 Å². The average molecular weight is 278 g/mol. The van der Waals surface area contributed by atoms with Crippen LogP contribution in [0.25, 0.3) is 0 Å². The number of sulfone groups is 1. The number of hydrogen-bond acceptors (Lipinski definition) is 3. The van der Waals surface area contributed by atoms with Crippen LogP contribution in [-0.4, -0.2) is 24.9 Å². The number of alkyl halides is 2. The molecule has 1 aromatic rings. The lowest BCUT2D eigenvalue weighted by Gasteiger charge is -2.32. The van der Waals surface area contributed by atoms with Crippen molar-refractivity contribution < 1.29 is 22.3 Å². The van der Waals surface area contributed by atoms with Gasteiger partial charge in [-0.05, 0) is 17.5 Å². The van der Waals surface area contributed by atoms with Crippen molar-refractivity contribution in [2.24, 2.45) is 5.41 Å². The minimum atomic E-state index is -4.90. The van der Waals surface area contributed by atoms with E-state index in [2.05, 4.69) is 0 Å². The van der Waals surface area contributed by atoms with E-state index in [-0.39, 0.29) is 0 Å². The Morgan fingerprint density at radius 3 is 1.94 bits per heavy atom. The van der Waals surface area contributed by atoms with Crippen molar-refractivity contribution in [2.75, 3.05) is 0 Å². The first-order valence-corrected chi connectivity index (χ1v) is 6.85. The van der Waals surface area contributed by atoms with Gasteiger partial charge in [-0.25, -0.2) is 8.42 Å². The minimum absolute atomic E-state index is 0.502. The highest BCUT2D eigenvalue weighted by molar-refractivity contribution is 7.92. The molecule has 0 aliphatic rings. The number of hydrogen-bond donors (Lipinski definition) is 1. The van der Waals surface area contributed by atoms with Gasteiger partial charge in [0, 0.05) is 0 Å². The topological polar surface area (TPSA) is 54.4 Å². The summed E-state index contributed by atoms with van der Waals surface area (Å²) in [5.74, 6) is 0. The van der Waals surface area contributed by atoms with Gasteiger partial charge >= 0.3 is 5.25 Å². The quantitative estimate of drug-likeness (QED) is 0.924. The van der Waals surface area contributed by atoms with Gasteiger partial charge in [0.25, 0.3) is 0 Å². The fourth-order valence-electron chi connectivity index (χ4n) is 1.41. The van der Waals surface area contributed by atoms with Gasteiger partial charge in [0.15, 0.2) is 0 Å². The van der Waals surface area contributed by atoms with Crippen LogP contribution in [0.3, 0.4) is 0 Å². The van der Waals surface area contributed by atoms with Crippen LogP contribution in [0, 0.1) is 5.41 Å². The third kappa shape index (κ3) is 2.54. The Labute approximate surface area is 105 Å². The van der Waals surface area contributed by atoms with Crippen LogP contribution in [0.2, 0.25) is 0 Å². The van der Waals surface area contributed by atoms with Crippen molar-refractivity contribution >= 4 is 9.84 Å². The summed E-state index contributed by atoms with van der Waals surface area (Å²) in [5.41, 5.74) is -1.24. The molecule has 0 amide bonds. The summed E-state index contributed by atoms with van der Waals surface area (Å²) in [4.78, 5) is -0.502. The number of rotatable bonds is 3. The van der Waals surface area contributed by atoms with E-state index >= 15 is 0 Å². The monoisotopic (exact) mass is 278 g/mol. The summed E-state index contributed by atoms with van der Waals surface area (Å²) in [6.45, 7) is 4.06. The zero-order chi connectivity index (χ0) is 14.2. The molecule has 0 unspecified atom stereocenters. The van der Waals surface area contributed by atoms with Crippen LogP contribution in [0.1, 0.15) is 20.8 Å². The van der Waals surface area contributed by atoms with E-state index in [0.29, 0.717) is 0 Å². The van der Waals surface area contributed by atoms with Crippen molar-refractivity contribution in [1.29, 1.82) is 0 Å². The summed E-state index contributed by atoms with van der Waals surface area (Å²) in [6.07, 6.45) is -2.28. The maximum atomic E-state index is 13.9. The molecule has 0 aliphatic carbocycles. The Morgan fingerprint density at radius 1 is 1.11 bits per heavy atom. The molecule has 6 heteroatoms. The summed E-state index contributed by atoms with van der Waals surface area (Å²) in [5, 5.41) is 5.35. The zero-order valence-corrected chi connectivity index (χ0v) is 11.2. The molecule has 0 radical (unpaired) electrons. The Bertz CT molecular complexity index is 504. The van der Waals surface area contributed by atoms with E-state index in [4.69, 9.17) is 0 Å². The molecule has 0 aromatic heterocycles. The summed E-state index contributed by atoms with van der Waals surface area (Å²) >= 11 is 0. The first-order valence-electron chi connectivity index (χ1n) is 5.37. The molecule has 1 N–H and O–H groups in total. The Morgan fingerprint density at radius 2 is 1.56 bits per heavy atom. The maximum absolute atomic E-state index is 13.9. The fraction of sp³-hybridized carbons (Fsp3) is 0.500. The Balaban J connectivity index is 3.28. The van der Waals surface area contributed by atoms with Gasteiger partial charge in [-0.2, -0.15) is 8.78 Å². The fourth-order valence-corrected chi connectivity index (χ4v) is 2.89. The highest BCUT2D eigenvalue weighted by Gasteiger charge is 2.56. The van der Waals surface area contributed by atoms with Gasteiger partial charge in [0.2, 0.25) is 9.84 Å². The number of benzene rings is 1. The summed E-state index contributed by atoms with van der Waals surface area (Å²) in [6, 6.07) is 6.40. The van der Waals surface area contributed by atoms with Crippen LogP contribution >= 0.6 is 0 Å². The lowest BCUT2D eigenvalue weighted by molar-refractivity contribution is -0.0934. The van der Waals surface area contributed by atoms with Gasteiger partial charge < -0.3 is 5.11 Å². The molecule has 0 aliphatic heterocycles. The molecule has 0 heterocycles. The van der Waals surface area contributed by atoms with Crippen LogP contribution in [0.4, 0.5) is 8.78 Å². The second kappa shape index (κ2) is 4.59. The number of aliphatic hydroxyl groups is 1. The average Bonchev–Trinajstić information content (AvgIpc) is 2.27. The first kappa shape index (κ1) is 15.0. The standard InChI is InChI=1S/C12H16F2O3S/c1-11(2,3)10(15)12(13,14)18(16,17)9-7-5-4-6-8-9/h4-8,10,15H,1-3H3/t10-/m1/s1.